The molecule has 2 aromatic carbocycles. The minimum Gasteiger partial charge on any atom is -0.484 e. The lowest BCUT2D eigenvalue weighted by Gasteiger charge is -2.18. The van der Waals surface area contributed by atoms with Crippen LogP contribution in [0, 0.1) is 6.92 Å². The molecule has 2 N–H and O–H groups in total. The smallest absolute Gasteiger partial charge is 0.305 e. The molecule has 1 amide bonds. The van der Waals surface area contributed by atoms with Crippen molar-refractivity contribution in [3.63, 3.8) is 0 Å². The SMILES string of the molecule is Cc1ccccc1OCC(=O)N[C@H](CC(=O)O)c1ccccc1. The molecule has 5 nitrogen and oxygen atoms in total. The molecule has 5 heteroatoms. The van der Waals surface area contributed by atoms with Gasteiger partial charge < -0.3 is 15.2 Å². The molecule has 0 unspecified atom stereocenters. The van der Waals surface area contributed by atoms with Crippen LogP contribution in [0.2, 0.25) is 0 Å². The second-order valence-electron chi connectivity index (χ2n) is 5.18. The Balaban J connectivity index is 1.98. The molecule has 1 atom stereocenters. The average molecular weight is 313 g/mol. The molecular weight excluding hydrogens is 294 g/mol. The van der Waals surface area contributed by atoms with Crippen LogP contribution in [-0.2, 0) is 9.59 Å². The third-order valence-electron chi connectivity index (χ3n) is 3.37. The Morgan fingerprint density at radius 1 is 1.09 bits per heavy atom. The van der Waals surface area contributed by atoms with Crippen LogP contribution in [-0.4, -0.2) is 23.6 Å². The van der Waals surface area contributed by atoms with Gasteiger partial charge in [-0.2, -0.15) is 0 Å². The lowest BCUT2D eigenvalue weighted by atomic mass is 10.0. The first-order chi connectivity index (χ1) is 11.1. The molecule has 0 radical (unpaired) electrons. The first-order valence-corrected chi connectivity index (χ1v) is 7.31. The zero-order chi connectivity index (χ0) is 16.7. The molecule has 120 valence electrons. The number of para-hydroxylation sites is 1. The monoisotopic (exact) mass is 313 g/mol. The summed E-state index contributed by atoms with van der Waals surface area (Å²) in [7, 11) is 0. The molecule has 0 aliphatic carbocycles. The van der Waals surface area contributed by atoms with Crippen LogP contribution in [0.4, 0.5) is 0 Å². The van der Waals surface area contributed by atoms with E-state index in [-0.39, 0.29) is 18.9 Å². The standard InChI is InChI=1S/C18H19NO4/c1-13-7-5-6-10-16(13)23-12-17(20)19-15(11-18(21)22)14-8-3-2-4-9-14/h2-10,15H,11-12H2,1H3,(H,19,20)(H,21,22)/t15-/m1/s1. The first kappa shape index (κ1) is 16.5. The topological polar surface area (TPSA) is 75.6 Å². The second-order valence-corrected chi connectivity index (χ2v) is 5.18. The van der Waals surface area contributed by atoms with Gasteiger partial charge in [-0.3, -0.25) is 9.59 Å². The summed E-state index contributed by atoms with van der Waals surface area (Å²) in [6.45, 7) is 1.73. The molecule has 0 saturated carbocycles. The number of ether oxygens (including phenoxy) is 1. The minimum atomic E-state index is -0.973. The fraction of sp³-hybridized carbons (Fsp3) is 0.222. The van der Waals surface area contributed by atoms with Gasteiger partial charge >= 0.3 is 5.97 Å². The average Bonchev–Trinajstić information content (AvgIpc) is 2.54. The number of carbonyl (C=O) groups excluding carboxylic acids is 1. The van der Waals surface area contributed by atoms with Crippen molar-refractivity contribution >= 4 is 11.9 Å². The molecule has 0 heterocycles. The number of carboxylic acid groups (broad SMARTS) is 1. The number of rotatable bonds is 7. The molecular formula is C18H19NO4. The Labute approximate surface area is 134 Å². The quantitative estimate of drug-likeness (QED) is 0.824. The van der Waals surface area contributed by atoms with Crippen LogP contribution in [0.5, 0.6) is 5.75 Å². The number of aryl methyl sites for hydroxylation is 1. The second kappa shape index (κ2) is 7.98. The third kappa shape index (κ3) is 5.14. The van der Waals surface area contributed by atoms with E-state index >= 15 is 0 Å². The Bertz CT molecular complexity index is 670. The Morgan fingerprint density at radius 2 is 1.74 bits per heavy atom. The van der Waals surface area contributed by atoms with E-state index in [0.717, 1.165) is 11.1 Å². The van der Waals surface area contributed by atoms with Crippen molar-refractivity contribution in [2.75, 3.05) is 6.61 Å². The van der Waals surface area contributed by atoms with E-state index in [1.54, 1.807) is 30.3 Å². The van der Waals surface area contributed by atoms with Crippen molar-refractivity contribution in [2.45, 2.75) is 19.4 Å². The van der Waals surface area contributed by atoms with Crippen LogP contribution >= 0.6 is 0 Å². The van der Waals surface area contributed by atoms with Crippen molar-refractivity contribution in [3.8, 4) is 5.75 Å². The van der Waals surface area contributed by atoms with Gasteiger partial charge in [0, 0.05) is 0 Å². The van der Waals surface area contributed by atoms with E-state index < -0.39 is 12.0 Å². The molecule has 0 aliphatic heterocycles. The number of hydrogen-bond acceptors (Lipinski definition) is 3. The number of hydrogen-bond donors (Lipinski definition) is 2. The van der Waals surface area contributed by atoms with Crippen molar-refractivity contribution in [2.24, 2.45) is 0 Å². The first-order valence-electron chi connectivity index (χ1n) is 7.31. The zero-order valence-electron chi connectivity index (χ0n) is 12.9. The van der Waals surface area contributed by atoms with Crippen molar-refractivity contribution in [1.29, 1.82) is 0 Å². The van der Waals surface area contributed by atoms with Crippen LogP contribution in [0.1, 0.15) is 23.6 Å². The van der Waals surface area contributed by atoms with E-state index in [9.17, 15) is 9.59 Å². The largest absolute Gasteiger partial charge is 0.484 e. The third-order valence-corrected chi connectivity index (χ3v) is 3.37. The summed E-state index contributed by atoms with van der Waals surface area (Å²) >= 11 is 0. The van der Waals surface area contributed by atoms with E-state index in [4.69, 9.17) is 9.84 Å². The highest BCUT2D eigenvalue weighted by atomic mass is 16.5. The highest BCUT2D eigenvalue weighted by Gasteiger charge is 2.18. The molecule has 23 heavy (non-hydrogen) atoms. The number of amides is 1. The van der Waals surface area contributed by atoms with Crippen molar-refractivity contribution in [3.05, 3.63) is 65.7 Å². The van der Waals surface area contributed by atoms with Gasteiger partial charge in [-0.05, 0) is 24.1 Å². The summed E-state index contributed by atoms with van der Waals surface area (Å²) < 4.78 is 5.48. The van der Waals surface area contributed by atoms with E-state index in [1.807, 2.05) is 31.2 Å². The van der Waals surface area contributed by atoms with E-state index in [1.165, 1.54) is 0 Å². The summed E-state index contributed by atoms with van der Waals surface area (Å²) in [6.07, 6.45) is -0.180. The maximum atomic E-state index is 12.1. The number of benzene rings is 2. The number of carbonyl (C=O) groups is 2. The van der Waals surface area contributed by atoms with Gasteiger partial charge in [0.25, 0.3) is 5.91 Å². The van der Waals surface area contributed by atoms with Crippen LogP contribution < -0.4 is 10.1 Å². The van der Waals surface area contributed by atoms with Crippen molar-refractivity contribution < 1.29 is 19.4 Å². The molecule has 2 rings (SSSR count). The van der Waals surface area contributed by atoms with Gasteiger partial charge in [-0.25, -0.2) is 0 Å². The van der Waals surface area contributed by atoms with Gasteiger partial charge in [-0.1, -0.05) is 48.5 Å². The molecule has 0 saturated heterocycles. The summed E-state index contributed by atoms with van der Waals surface area (Å²) in [4.78, 5) is 23.1. The highest BCUT2D eigenvalue weighted by Crippen LogP contribution is 2.18. The predicted octanol–water partition coefficient (Wildman–Crippen LogP) is 2.71. The number of carboxylic acids is 1. The Hall–Kier alpha value is -2.82. The lowest BCUT2D eigenvalue weighted by Crippen LogP contribution is -2.33. The van der Waals surface area contributed by atoms with Gasteiger partial charge in [0.2, 0.25) is 0 Å². The fourth-order valence-corrected chi connectivity index (χ4v) is 2.21. The van der Waals surface area contributed by atoms with Crippen LogP contribution in [0.3, 0.4) is 0 Å². The van der Waals surface area contributed by atoms with Crippen LogP contribution in [0.15, 0.2) is 54.6 Å². The highest BCUT2D eigenvalue weighted by molar-refractivity contribution is 5.79. The molecule has 0 aromatic heterocycles. The summed E-state index contributed by atoms with van der Waals surface area (Å²) in [6, 6.07) is 15.8. The van der Waals surface area contributed by atoms with E-state index in [0.29, 0.717) is 5.75 Å². The van der Waals surface area contributed by atoms with E-state index in [2.05, 4.69) is 5.32 Å². The van der Waals surface area contributed by atoms with Gasteiger partial charge in [0.15, 0.2) is 6.61 Å². The predicted molar refractivity (Wildman–Crippen MR) is 86.3 cm³/mol. The Morgan fingerprint density at radius 3 is 2.39 bits per heavy atom. The molecule has 0 fully saturated rings. The molecule has 2 aromatic rings. The normalized spacial score (nSPS) is 11.5. The summed E-state index contributed by atoms with van der Waals surface area (Å²) in [5.74, 6) is -0.695. The molecule has 0 bridgehead atoms. The summed E-state index contributed by atoms with van der Waals surface area (Å²) in [5, 5.41) is 11.7. The van der Waals surface area contributed by atoms with Crippen molar-refractivity contribution in [1.82, 2.24) is 5.32 Å². The van der Waals surface area contributed by atoms with Gasteiger partial charge in [0.05, 0.1) is 12.5 Å². The van der Waals surface area contributed by atoms with Gasteiger partial charge in [-0.15, -0.1) is 0 Å². The number of nitrogens with one attached hydrogen (secondary N) is 1. The maximum absolute atomic E-state index is 12.1. The van der Waals surface area contributed by atoms with Crippen LogP contribution in [0.25, 0.3) is 0 Å². The zero-order valence-corrected chi connectivity index (χ0v) is 12.9. The van der Waals surface area contributed by atoms with Gasteiger partial charge in [0.1, 0.15) is 5.75 Å². The lowest BCUT2D eigenvalue weighted by molar-refractivity contribution is -0.137. The minimum absolute atomic E-state index is 0.159. The molecule has 0 spiro atoms. The maximum Gasteiger partial charge on any atom is 0.305 e. The number of aliphatic carboxylic acids is 1. The fourth-order valence-electron chi connectivity index (χ4n) is 2.21. The summed E-state index contributed by atoms with van der Waals surface area (Å²) in [5.41, 5.74) is 1.68. The molecule has 0 aliphatic rings. The Kier molecular flexibility index (Phi) is 5.74.